The summed E-state index contributed by atoms with van der Waals surface area (Å²) in [4.78, 5) is 31.7. The summed E-state index contributed by atoms with van der Waals surface area (Å²) in [6, 6.07) is 21.7. The van der Waals surface area contributed by atoms with E-state index in [-0.39, 0.29) is 23.8 Å². The molecule has 4 rings (SSSR count). The van der Waals surface area contributed by atoms with Gasteiger partial charge in [0.15, 0.2) is 0 Å². The zero-order valence-electron chi connectivity index (χ0n) is 16.0. The van der Waals surface area contributed by atoms with Gasteiger partial charge in [-0.15, -0.1) is 11.3 Å². The van der Waals surface area contributed by atoms with E-state index in [1.165, 1.54) is 22.3 Å². The van der Waals surface area contributed by atoms with E-state index in [0.29, 0.717) is 10.2 Å². The van der Waals surface area contributed by atoms with Gasteiger partial charge in [-0.1, -0.05) is 67.6 Å². The summed E-state index contributed by atoms with van der Waals surface area (Å²) in [7, 11) is 0. The van der Waals surface area contributed by atoms with Crippen molar-refractivity contribution in [3.63, 3.8) is 0 Å². The van der Waals surface area contributed by atoms with Gasteiger partial charge in [-0.3, -0.25) is 15.0 Å². The number of nitrogens with zero attached hydrogens (tertiary/aromatic N) is 2. The minimum absolute atomic E-state index is 0.0994. The van der Waals surface area contributed by atoms with Crippen molar-refractivity contribution in [1.29, 1.82) is 0 Å². The highest BCUT2D eigenvalue weighted by Gasteiger charge is 2.19. The Labute approximate surface area is 172 Å². The predicted octanol–water partition coefficient (Wildman–Crippen LogP) is 4.31. The van der Waals surface area contributed by atoms with Gasteiger partial charge in [-0.05, 0) is 23.6 Å². The molecule has 0 spiro atoms. The fourth-order valence-electron chi connectivity index (χ4n) is 3.39. The van der Waals surface area contributed by atoms with Crippen LogP contribution >= 0.6 is 11.3 Å². The Morgan fingerprint density at radius 2 is 1.69 bits per heavy atom. The number of carbonyl (C=O) groups excluding carboxylic acids is 1. The molecule has 5 nitrogen and oxygen atoms in total. The highest BCUT2D eigenvalue weighted by atomic mass is 32.1. The van der Waals surface area contributed by atoms with Crippen molar-refractivity contribution in [3.05, 3.63) is 99.4 Å². The molecule has 0 saturated carbocycles. The van der Waals surface area contributed by atoms with E-state index in [2.05, 4.69) is 10.4 Å². The van der Waals surface area contributed by atoms with Crippen LogP contribution in [0.1, 0.15) is 35.3 Å². The molecule has 0 aliphatic heterocycles. The first-order chi connectivity index (χ1) is 14.2. The van der Waals surface area contributed by atoms with E-state index in [9.17, 15) is 9.59 Å². The lowest BCUT2D eigenvalue weighted by Gasteiger charge is -2.18. The van der Waals surface area contributed by atoms with E-state index in [4.69, 9.17) is 0 Å². The Balaban J connectivity index is 1.59. The number of carbonyl (C=O) groups is 1. The number of rotatable bonds is 6. The third-order valence-corrected chi connectivity index (χ3v) is 6.08. The largest absolute Gasteiger partial charge is 0.280 e. The molecule has 29 heavy (non-hydrogen) atoms. The highest BCUT2D eigenvalue weighted by Crippen LogP contribution is 2.28. The molecule has 0 unspecified atom stereocenters. The standard InChI is InChI=1S/C23H21N3O2S/c1-2-18-13-20-22(29-18)24-15-26(23(20)28)25-21(27)14-19(16-9-5-3-6-10-16)17-11-7-4-8-12-17/h3-13,15,19H,2,14H2,1H3,(H,25,27). The molecule has 1 amide bonds. The van der Waals surface area contributed by atoms with Crippen molar-refractivity contribution in [1.82, 2.24) is 9.66 Å². The van der Waals surface area contributed by atoms with Gasteiger partial charge < -0.3 is 0 Å². The van der Waals surface area contributed by atoms with Gasteiger partial charge >= 0.3 is 0 Å². The minimum Gasteiger partial charge on any atom is -0.273 e. The molecule has 0 atom stereocenters. The monoisotopic (exact) mass is 403 g/mol. The first-order valence-electron chi connectivity index (χ1n) is 9.55. The second-order valence-corrected chi connectivity index (χ2v) is 7.93. The Morgan fingerprint density at radius 1 is 1.07 bits per heavy atom. The Bertz CT molecular complexity index is 1140. The molecule has 0 fully saturated rings. The molecule has 1 N–H and O–H groups in total. The van der Waals surface area contributed by atoms with Crippen molar-refractivity contribution in [2.24, 2.45) is 0 Å². The molecule has 2 heterocycles. The first kappa shape index (κ1) is 19.1. The maximum atomic E-state index is 12.8. The van der Waals surface area contributed by atoms with Crippen LogP contribution in [0.25, 0.3) is 10.2 Å². The molecule has 6 heteroatoms. The summed E-state index contributed by atoms with van der Waals surface area (Å²) in [6.07, 6.45) is 2.46. The molecule has 0 saturated heterocycles. The lowest BCUT2D eigenvalue weighted by atomic mass is 9.88. The van der Waals surface area contributed by atoms with Gasteiger partial charge in [0.25, 0.3) is 5.56 Å². The lowest BCUT2D eigenvalue weighted by Crippen LogP contribution is -2.33. The van der Waals surface area contributed by atoms with Crippen LogP contribution in [0.4, 0.5) is 0 Å². The second-order valence-electron chi connectivity index (χ2n) is 6.82. The third kappa shape index (κ3) is 4.12. The van der Waals surface area contributed by atoms with E-state index < -0.39 is 0 Å². The number of hydrogen-bond donors (Lipinski definition) is 1. The summed E-state index contributed by atoms with van der Waals surface area (Å²) in [5.41, 5.74) is 4.56. The lowest BCUT2D eigenvalue weighted by molar-refractivity contribution is -0.117. The number of hydrogen-bond acceptors (Lipinski definition) is 4. The van der Waals surface area contributed by atoms with E-state index in [0.717, 1.165) is 22.4 Å². The molecule has 2 aromatic carbocycles. The van der Waals surface area contributed by atoms with Crippen LogP contribution in [-0.4, -0.2) is 15.6 Å². The maximum absolute atomic E-state index is 12.8. The minimum atomic E-state index is -0.254. The van der Waals surface area contributed by atoms with Crippen LogP contribution < -0.4 is 11.0 Å². The van der Waals surface area contributed by atoms with Crippen LogP contribution in [0, 0.1) is 0 Å². The zero-order valence-corrected chi connectivity index (χ0v) is 16.9. The number of aromatic nitrogens is 2. The summed E-state index contributed by atoms with van der Waals surface area (Å²) in [5.74, 6) is -0.338. The van der Waals surface area contributed by atoms with Gasteiger partial charge in [0, 0.05) is 17.2 Å². The van der Waals surface area contributed by atoms with Crippen molar-refractivity contribution in [2.75, 3.05) is 5.43 Å². The zero-order chi connectivity index (χ0) is 20.2. The number of aryl methyl sites for hydroxylation is 1. The fourth-order valence-corrected chi connectivity index (χ4v) is 4.32. The number of benzene rings is 2. The summed E-state index contributed by atoms with van der Waals surface area (Å²) in [5, 5.41) is 0.539. The SMILES string of the molecule is CCc1cc2c(=O)n(NC(=O)CC(c3ccccc3)c3ccccc3)cnc2s1. The van der Waals surface area contributed by atoms with Gasteiger partial charge in [0.2, 0.25) is 5.91 Å². The van der Waals surface area contributed by atoms with Crippen molar-refractivity contribution >= 4 is 27.5 Å². The van der Waals surface area contributed by atoms with Crippen LogP contribution in [0.5, 0.6) is 0 Å². The second kappa shape index (κ2) is 8.41. The average Bonchev–Trinajstić information content (AvgIpc) is 3.20. The molecule has 4 aromatic rings. The molecule has 0 radical (unpaired) electrons. The van der Waals surface area contributed by atoms with Crippen molar-refractivity contribution < 1.29 is 4.79 Å². The van der Waals surface area contributed by atoms with Gasteiger partial charge in [-0.25, -0.2) is 9.66 Å². The Kier molecular flexibility index (Phi) is 5.53. The van der Waals surface area contributed by atoms with Gasteiger partial charge in [-0.2, -0.15) is 0 Å². The van der Waals surface area contributed by atoms with Gasteiger partial charge in [0.05, 0.1) is 5.39 Å². The van der Waals surface area contributed by atoms with Crippen molar-refractivity contribution in [3.8, 4) is 0 Å². The van der Waals surface area contributed by atoms with Crippen LogP contribution in [0.15, 0.2) is 77.9 Å². The summed E-state index contributed by atoms with van der Waals surface area (Å²) < 4.78 is 1.18. The number of amides is 1. The average molecular weight is 404 g/mol. The normalized spacial score (nSPS) is 11.1. The Morgan fingerprint density at radius 3 is 2.28 bits per heavy atom. The van der Waals surface area contributed by atoms with Crippen LogP contribution in [-0.2, 0) is 11.2 Å². The Hall–Kier alpha value is -3.25. The molecule has 146 valence electrons. The third-order valence-electron chi connectivity index (χ3n) is 4.89. The highest BCUT2D eigenvalue weighted by molar-refractivity contribution is 7.18. The smallest absolute Gasteiger partial charge is 0.273 e. The maximum Gasteiger partial charge on any atom is 0.280 e. The molecular weight excluding hydrogens is 382 g/mol. The number of thiophene rings is 1. The fraction of sp³-hybridized carbons (Fsp3) is 0.174. The number of nitrogens with one attached hydrogen (secondary N) is 1. The van der Waals surface area contributed by atoms with Crippen molar-refractivity contribution in [2.45, 2.75) is 25.7 Å². The molecule has 0 aliphatic carbocycles. The van der Waals surface area contributed by atoms with Crippen LogP contribution in [0.3, 0.4) is 0 Å². The molecule has 0 aliphatic rings. The molecule has 0 bridgehead atoms. The van der Waals surface area contributed by atoms with E-state index in [1.54, 1.807) is 0 Å². The quantitative estimate of drug-likeness (QED) is 0.522. The van der Waals surface area contributed by atoms with E-state index in [1.807, 2.05) is 73.7 Å². The van der Waals surface area contributed by atoms with Crippen LogP contribution in [0.2, 0.25) is 0 Å². The predicted molar refractivity (Wildman–Crippen MR) is 117 cm³/mol. The number of fused-ring (bicyclic) bond motifs is 1. The summed E-state index contributed by atoms with van der Waals surface area (Å²) >= 11 is 1.51. The van der Waals surface area contributed by atoms with E-state index >= 15 is 0 Å². The molecular formula is C23H21N3O2S. The van der Waals surface area contributed by atoms with Gasteiger partial charge in [0.1, 0.15) is 11.2 Å². The molecule has 2 aromatic heterocycles. The topological polar surface area (TPSA) is 64.0 Å². The summed E-state index contributed by atoms with van der Waals surface area (Å²) in [6.45, 7) is 2.04. The first-order valence-corrected chi connectivity index (χ1v) is 10.4.